The molecule has 0 aromatic heterocycles. The van der Waals surface area contributed by atoms with Gasteiger partial charge >= 0.3 is 12.0 Å². The highest BCUT2D eigenvalue weighted by atomic mass is 16.4. The van der Waals surface area contributed by atoms with Gasteiger partial charge in [0.2, 0.25) is 5.91 Å². The minimum atomic E-state index is -0.879. The van der Waals surface area contributed by atoms with Crippen LogP contribution in [0.3, 0.4) is 0 Å². The highest BCUT2D eigenvalue weighted by Gasteiger charge is 2.39. The van der Waals surface area contributed by atoms with E-state index in [9.17, 15) is 14.4 Å². The van der Waals surface area contributed by atoms with Gasteiger partial charge in [0, 0.05) is 13.0 Å². The summed E-state index contributed by atoms with van der Waals surface area (Å²) in [5.74, 6) is -1.26. The van der Waals surface area contributed by atoms with E-state index >= 15 is 0 Å². The molecule has 2 aliphatic rings. The van der Waals surface area contributed by atoms with Crippen LogP contribution in [0.25, 0.3) is 0 Å². The van der Waals surface area contributed by atoms with Crippen molar-refractivity contribution in [3.63, 3.8) is 0 Å². The van der Waals surface area contributed by atoms with Crippen LogP contribution in [0.4, 0.5) is 4.79 Å². The molecule has 0 heterocycles. The maximum Gasteiger partial charge on any atom is 0.321 e. The standard InChI is InChI=1S/C15H24N2O4/c1-14(6-7-14)10-16-13(21)17-11(18)8-15(9-12(19)20)4-2-3-5-15/h2-10H2,1H3,(H,19,20)(H2,16,17,18,21). The minimum Gasteiger partial charge on any atom is -0.481 e. The lowest BCUT2D eigenvalue weighted by atomic mass is 9.79. The summed E-state index contributed by atoms with van der Waals surface area (Å²) in [5.41, 5.74) is -0.283. The van der Waals surface area contributed by atoms with Gasteiger partial charge in [0.05, 0.1) is 6.42 Å². The van der Waals surface area contributed by atoms with Crippen molar-refractivity contribution < 1.29 is 19.5 Å². The third kappa shape index (κ3) is 4.72. The first-order chi connectivity index (χ1) is 9.83. The molecule has 2 saturated carbocycles. The summed E-state index contributed by atoms with van der Waals surface area (Å²) >= 11 is 0. The number of amides is 3. The van der Waals surface area contributed by atoms with Gasteiger partial charge < -0.3 is 10.4 Å². The van der Waals surface area contributed by atoms with Gasteiger partial charge in [-0.25, -0.2) is 4.79 Å². The number of urea groups is 1. The van der Waals surface area contributed by atoms with Crippen molar-refractivity contribution in [2.75, 3.05) is 6.54 Å². The fraction of sp³-hybridized carbons (Fsp3) is 0.800. The van der Waals surface area contributed by atoms with Crippen LogP contribution >= 0.6 is 0 Å². The number of carbonyl (C=O) groups excluding carboxylic acids is 2. The normalized spacial score (nSPS) is 21.6. The van der Waals surface area contributed by atoms with Crippen molar-refractivity contribution in [3.05, 3.63) is 0 Å². The van der Waals surface area contributed by atoms with Crippen molar-refractivity contribution in [3.8, 4) is 0 Å². The molecule has 3 N–H and O–H groups in total. The molecule has 2 aliphatic carbocycles. The fourth-order valence-electron chi connectivity index (χ4n) is 3.10. The Labute approximate surface area is 124 Å². The van der Waals surface area contributed by atoms with E-state index in [2.05, 4.69) is 17.6 Å². The van der Waals surface area contributed by atoms with Crippen LogP contribution in [0.15, 0.2) is 0 Å². The van der Waals surface area contributed by atoms with E-state index in [1.807, 2.05) is 0 Å². The number of nitrogens with one attached hydrogen (secondary N) is 2. The first-order valence-corrected chi connectivity index (χ1v) is 7.62. The fourth-order valence-corrected chi connectivity index (χ4v) is 3.10. The van der Waals surface area contributed by atoms with Crippen LogP contribution in [0.2, 0.25) is 0 Å². The van der Waals surface area contributed by atoms with Gasteiger partial charge in [0.25, 0.3) is 0 Å². The minimum absolute atomic E-state index is 0.000109. The zero-order valence-electron chi connectivity index (χ0n) is 12.5. The zero-order chi connectivity index (χ0) is 15.5. The second-order valence-corrected chi connectivity index (χ2v) is 7.00. The van der Waals surface area contributed by atoms with E-state index in [0.29, 0.717) is 6.54 Å². The second kappa shape index (κ2) is 6.03. The summed E-state index contributed by atoms with van der Waals surface area (Å²) in [4.78, 5) is 34.6. The Morgan fingerprint density at radius 2 is 1.67 bits per heavy atom. The molecule has 0 spiro atoms. The van der Waals surface area contributed by atoms with Crippen LogP contribution in [0, 0.1) is 10.8 Å². The van der Waals surface area contributed by atoms with Crippen molar-refractivity contribution >= 4 is 17.9 Å². The average Bonchev–Trinajstić information content (AvgIpc) is 2.94. The van der Waals surface area contributed by atoms with E-state index in [1.165, 1.54) is 0 Å². The van der Waals surface area contributed by atoms with Crippen molar-refractivity contribution in [2.45, 2.75) is 58.3 Å². The Bertz CT molecular complexity index is 437. The lowest BCUT2D eigenvalue weighted by Crippen LogP contribution is -2.43. The number of carboxylic acid groups (broad SMARTS) is 1. The van der Waals surface area contributed by atoms with Gasteiger partial charge in [-0.1, -0.05) is 19.8 Å². The molecular formula is C15H24N2O4. The summed E-state index contributed by atoms with van der Waals surface area (Å²) < 4.78 is 0. The number of imide groups is 1. The quantitative estimate of drug-likeness (QED) is 0.699. The Morgan fingerprint density at radius 1 is 1.05 bits per heavy atom. The highest BCUT2D eigenvalue weighted by molar-refractivity contribution is 5.94. The van der Waals surface area contributed by atoms with E-state index < -0.39 is 17.4 Å². The lowest BCUT2D eigenvalue weighted by molar-refractivity contribution is -0.140. The molecule has 21 heavy (non-hydrogen) atoms. The first-order valence-electron chi connectivity index (χ1n) is 7.62. The molecular weight excluding hydrogens is 272 g/mol. The van der Waals surface area contributed by atoms with E-state index in [4.69, 9.17) is 5.11 Å². The molecule has 0 saturated heterocycles. The molecule has 0 aromatic rings. The van der Waals surface area contributed by atoms with Crippen LogP contribution < -0.4 is 10.6 Å². The third-order valence-corrected chi connectivity index (χ3v) is 4.76. The zero-order valence-corrected chi connectivity index (χ0v) is 12.5. The second-order valence-electron chi connectivity index (χ2n) is 7.00. The molecule has 3 amide bonds. The lowest BCUT2D eigenvalue weighted by Gasteiger charge is -2.26. The number of aliphatic carboxylic acids is 1. The molecule has 6 heteroatoms. The highest BCUT2D eigenvalue weighted by Crippen LogP contribution is 2.44. The van der Waals surface area contributed by atoms with Gasteiger partial charge in [0.15, 0.2) is 0 Å². The summed E-state index contributed by atoms with van der Waals surface area (Å²) in [7, 11) is 0. The van der Waals surface area contributed by atoms with Gasteiger partial charge in [-0.15, -0.1) is 0 Å². The number of rotatable bonds is 6. The molecule has 0 bridgehead atoms. The molecule has 118 valence electrons. The molecule has 0 unspecified atom stereocenters. The number of hydrogen-bond acceptors (Lipinski definition) is 3. The number of carboxylic acids is 1. The van der Waals surface area contributed by atoms with Crippen LogP contribution in [0.1, 0.15) is 58.3 Å². The monoisotopic (exact) mass is 296 g/mol. The maximum atomic E-state index is 12.0. The van der Waals surface area contributed by atoms with Crippen LogP contribution in [-0.4, -0.2) is 29.6 Å². The third-order valence-electron chi connectivity index (χ3n) is 4.76. The molecule has 2 rings (SSSR count). The van der Waals surface area contributed by atoms with E-state index in [1.54, 1.807) is 0 Å². The SMILES string of the molecule is CC1(CNC(=O)NC(=O)CC2(CC(=O)O)CCCC2)CC1. The van der Waals surface area contributed by atoms with Crippen molar-refractivity contribution in [1.29, 1.82) is 0 Å². The van der Waals surface area contributed by atoms with Gasteiger partial charge in [0.1, 0.15) is 0 Å². The average molecular weight is 296 g/mol. The summed E-state index contributed by atoms with van der Waals surface area (Å²) in [5, 5.41) is 14.0. The summed E-state index contributed by atoms with van der Waals surface area (Å²) in [6, 6.07) is -0.475. The van der Waals surface area contributed by atoms with E-state index in [0.717, 1.165) is 38.5 Å². The van der Waals surface area contributed by atoms with Crippen LogP contribution in [0.5, 0.6) is 0 Å². The topological polar surface area (TPSA) is 95.5 Å². The summed E-state index contributed by atoms with van der Waals surface area (Å²) in [6.45, 7) is 2.67. The molecule has 0 aliphatic heterocycles. The van der Waals surface area contributed by atoms with Crippen molar-refractivity contribution in [2.24, 2.45) is 10.8 Å². The van der Waals surface area contributed by atoms with E-state index in [-0.39, 0.29) is 24.2 Å². The van der Waals surface area contributed by atoms with Crippen LogP contribution in [-0.2, 0) is 9.59 Å². The van der Waals surface area contributed by atoms with Gasteiger partial charge in [-0.3, -0.25) is 14.9 Å². The number of hydrogen-bond donors (Lipinski definition) is 3. The summed E-state index contributed by atoms with van der Waals surface area (Å²) in [6.07, 6.45) is 5.70. The molecule has 0 aromatic carbocycles. The largest absolute Gasteiger partial charge is 0.481 e. The van der Waals surface area contributed by atoms with Gasteiger partial charge in [-0.05, 0) is 36.5 Å². The van der Waals surface area contributed by atoms with Gasteiger partial charge in [-0.2, -0.15) is 0 Å². The predicted molar refractivity (Wildman–Crippen MR) is 76.7 cm³/mol. The maximum absolute atomic E-state index is 12.0. The number of carbonyl (C=O) groups is 3. The van der Waals surface area contributed by atoms with Crippen molar-refractivity contribution in [1.82, 2.24) is 10.6 Å². The molecule has 0 atom stereocenters. The molecule has 2 fully saturated rings. The Balaban J connectivity index is 1.78. The predicted octanol–water partition coefficient (Wildman–Crippen LogP) is 2.04. The first kappa shape index (κ1) is 15.8. The molecule has 6 nitrogen and oxygen atoms in total. The Morgan fingerprint density at radius 3 is 2.19 bits per heavy atom. The molecule has 0 radical (unpaired) electrons. The smallest absolute Gasteiger partial charge is 0.321 e. The Kier molecular flexibility index (Phi) is 4.54. The Hall–Kier alpha value is -1.59.